The Hall–Kier alpha value is -1.09. The van der Waals surface area contributed by atoms with Gasteiger partial charge in [-0.2, -0.15) is 0 Å². The first kappa shape index (κ1) is 13.3. The van der Waals surface area contributed by atoms with E-state index >= 15 is 0 Å². The maximum Gasteiger partial charge on any atom is 0.0911 e. The quantitative estimate of drug-likeness (QED) is 0.862. The monoisotopic (exact) mass is 250 g/mol. The van der Waals surface area contributed by atoms with Gasteiger partial charge >= 0.3 is 0 Å². The van der Waals surface area contributed by atoms with Gasteiger partial charge in [0.25, 0.3) is 0 Å². The number of hydrogen-bond acceptors (Lipinski definition) is 2. The lowest BCUT2D eigenvalue weighted by Gasteiger charge is -2.25. The van der Waals surface area contributed by atoms with E-state index in [2.05, 4.69) is 41.4 Å². The van der Waals surface area contributed by atoms with Crippen LogP contribution in [-0.2, 0) is 0 Å². The molecule has 0 fully saturated rings. The number of hydrogen-bond donors (Lipinski definition) is 1. The van der Waals surface area contributed by atoms with Crippen LogP contribution >= 0.6 is 0 Å². The summed E-state index contributed by atoms with van der Waals surface area (Å²) in [6, 6.07) is 9.00. The second kappa shape index (κ2) is 6.74. The van der Waals surface area contributed by atoms with Crippen LogP contribution in [0.5, 0.6) is 0 Å². The lowest BCUT2D eigenvalue weighted by atomic mass is 10.0. The Morgan fingerprint density at radius 1 is 1.39 bits per heavy atom. The second-order valence-corrected chi connectivity index (χ2v) is 4.84. The average Bonchev–Trinajstić information content (AvgIpc) is 2.57. The number of para-hydroxylation sites is 1. The van der Waals surface area contributed by atoms with E-state index in [0.717, 1.165) is 26.1 Å². The Labute approximate surface area is 109 Å². The summed E-state index contributed by atoms with van der Waals surface area (Å²) < 4.78 is 12.4. The number of nitrogens with one attached hydrogen (secondary N) is 1. The zero-order valence-corrected chi connectivity index (χ0v) is 11.2. The minimum atomic E-state index is -0.227. The Kier molecular flexibility index (Phi) is 5.00. The van der Waals surface area contributed by atoms with Gasteiger partial charge in [-0.15, -0.1) is 0 Å². The molecule has 2 nitrogen and oxygen atoms in total. The molecule has 0 aliphatic carbocycles. The zero-order chi connectivity index (χ0) is 12.8. The lowest BCUT2D eigenvalue weighted by Crippen LogP contribution is -2.26. The number of fused-ring (bicyclic) bond motifs is 1. The van der Waals surface area contributed by atoms with Crippen LogP contribution in [0.1, 0.15) is 37.8 Å². The van der Waals surface area contributed by atoms with Crippen molar-refractivity contribution in [3.8, 4) is 0 Å². The molecule has 2 rings (SSSR count). The lowest BCUT2D eigenvalue weighted by molar-refractivity contribution is 0.469. The molecular weight excluding hydrogens is 227 g/mol. The third-order valence-corrected chi connectivity index (χ3v) is 3.59. The van der Waals surface area contributed by atoms with E-state index in [1.165, 1.54) is 17.7 Å². The second-order valence-electron chi connectivity index (χ2n) is 4.84. The molecule has 0 amide bonds. The van der Waals surface area contributed by atoms with Gasteiger partial charge in [0.1, 0.15) is 0 Å². The van der Waals surface area contributed by atoms with Gasteiger partial charge < -0.3 is 10.2 Å². The molecule has 1 unspecified atom stereocenters. The van der Waals surface area contributed by atoms with E-state index in [0.29, 0.717) is 12.5 Å². The summed E-state index contributed by atoms with van der Waals surface area (Å²) in [5, 5.41) is 3.56. The summed E-state index contributed by atoms with van der Waals surface area (Å²) in [5.41, 5.74) is 2.66. The molecule has 0 saturated heterocycles. The van der Waals surface area contributed by atoms with Crippen LogP contribution in [0.15, 0.2) is 24.3 Å². The summed E-state index contributed by atoms with van der Waals surface area (Å²) in [6.45, 7) is 4.78. The highest BCUT2D eigenvalue weighted by molar-refractivity contribution is 5.55. The number of anilines is 1. The van der Waals surface area contributed by atoms with Gasteiger partial charge in [-0.3, -0.25) is 4.39 Å². The molecule has 3 heteroatoms. The maximum atomic E-state index is 12.4. The molecule has 1 aliphatic heterocycles. The fourth-order valence-corrected chi connectivity index (χ4v) is 2.77. The maximum absolute atomic E-state index is 12.4. The smallest absolute Gasteiger partial charge is 0.0911 e. The number of nitrogens with zero attached hydrogens (tertiary/aromatic N) is 1. The van der Waals surface area contributed by atoms with Crippen molar-refractivity contribution in [1.82, 2.24) is 5.32 Å². The molecule has 1 atom stereocenters. The van der Waals surface area contributed by atoms with Gasteiger partial charge in [0, 0.05) is 24.8 Å². The average molecular weight is 250 g/mol. The molecule has 0 radical (unpaired) electrons. The van der Waals surface area contributed by atoms with Crippen molar-refractivity contribution in [2.45, 2.75) is 32.2 Å². The topological polar surface area (TPSA) is 15.3 Å². The van der Waals surface area contributed by atoms with Crippen molar-refractivity contribution in [2.75, 3.05) is 31.2 Å². The summed E-state index contributed by atoms with van der Waals surface area (Å²) in [4.78, 5) is 2.34. The predicted octanol–water partition coefficient (Wildman–Crippen LogP) is 3.30. The number of alkyl halides is 1. The fraction of sp³-hybridized carbons (Fsp3) is 0.600. The molecule has 0 aromatic heterocycles. The fourth-order valence-electron chi connectivity index (χ4n) is 2.77. The first-order valence-corrected chi connectivity index (χ1v) is 7.00. The van der Waals surface area contributed by atoms with Crippen LogP contribution < -0.4 is 10.2 Å². The zero-order valence-electron chi connectivity index (χ0n) is 11.2. The van der Waals surface area contributed by atoms with Crippen LogP contribution in [0.4, 0.5) is 10.1 Å². The van der Waals surface area contributed by atoms with Gasteiger partial charge in [0.15, 0.2) is 0 Å². The van der Waals surface area contributed by atoms with Crippen molar-refractivity contribution < 1.29 is 4.39 Å². The molecular formula is C15H23FN2. The van der Waals surface area contributed by atoms with Crippen molar-refractivity contribution in [1.29, 1.82) is 0 Å². The van der Waals surface area contributed by atoms with E-state index in [4.69, 9.17) is 0 Å². The molecule has 1 aromatic rings. The number of rotatable bonds is 5. The van der Waals surface area contributed by atoms with Crippen molar-refractivity contribution >= 4 is 5.69 Å². The normalized spacial score (nSPS) is 19.4. The van der Waals surface area contributed by atoms with Crippen LogP contribution in [0.25, 0.3) is 0 Å². The van der Waals surface area contributed by atoms with Crippen LogP contribution in [0.2, 0.25) is 0 Å². The minimum absolute atomic E-state index is 0.227. The Balaban J connectivity index is 2.23. The van der Waals surface area contributed by atoms with E-state index in [1.54, 1.807) is 0 Å². The van der Waals surface area contributed by atoms with Crippen molar-refractivity contribution in [3.05, 3.63) is 29.8 Å². The van der Waals surface area contributed by atoms with Crippen LogP contribution in [0, 0.1) is 0 Å². The summed E-state index contributed by atoms with van der Waals surface area (Å²) in [7, 11) is 0. The highest BCUT2D eigenvalue weighted by Crippen LogP contribution is 2.32. The van der Waals surface area contributed by atoms with Crippen molar-refractivity contribution in [2.24, 2.45) is 0 Å². The largest absolute Gasteiger partial charge is 0.371 e. The summed E-state index contributed by atoms with van der Waals surface area (Å²) in [6.07, 6.45) is 2.95. The molecule has 0 saturated carbocycles. The molecule has 1 aliphatic rings. The minimum Gasteiger partial charge on any atom is -0.371 e. The van der Waals surface area contributed by atoms with Gasteiger partial charge in [0.2, 0.25) is 0 Å². The van der Waals surface area contributed by atoms with Crippen LogP contribution in [-0.4, -0.2) is 26.3 Å². The molecule has 1 aromatic carbocycles. The Morgan fingerprint density at radius 2 is 2.22 bits per heavy atom. The highest BCUT2D eigenvalue weighted by atomic mass is 19.1. The van der Waals surface area contributed by atoms with Gasteiger partial charge in [-0.05, 0) is 37.4 Å². The van der Waals surface area contributed by atoms with Gasteiger partial charge in [0.05, 0.1) is 6.67 Å². The van der Waals surface area contributed by atoms with Crippen LogP contribution in [0.3, 0.4) is 0 Å². The molecule has 1 heterocycles. The van der Waals surface area contributed by atoms with Crippen molar-refractivity contribution in [3.63, 3.8) is 0 Å². The van der Waals surface area contributed by atoms with Gasteiger partial charge in [-0.1, -0.05) is 25.1 Å². The van der Waals surface area contributed by atoms with E-state index in [-0.39, 0.29) is 6.67 Å². The molecule has 0 spiro atoms. The number of halogens is 1. The van der Waals surface area contributed by atoms with E-state index < -0.39 is 0 Å². The molecule has 18 heavy (non-hydrogen) atoms. The molecule has 100 valence electrons. The molecule has 1 N–H and O–H groups in total. The van der Waals surface area contributed by atoms with E-state index in [9.17, 15) is 4.39 Å². The summed E-state index contributed by atoms with van der Waals surface area (Å²) in [5.74, 6) is 0. The predicted molar refractivity (Wildman–Crippen MR) is 74.9 cm³/mol. The number of benzene rings is 1. The Morgan fingerprint density at radius 3 is 3.00 bits per heavy atom. The molecule has 0 bridgehead atoms. The van der Waals surface area contributed by atoms with Gasteiger partial charge in [-0.25, -0.2) is 0 Å². The highest BCUT2D eigenvalue weighted by Gasteiger charge is 2.21. The SMILES string of the molecule is CCNC1CCCN(CCCF)c2ccccc21. The Bertz CT molecular complexity index is 367. The van der Waals surface area contributed by atoms with E-state index in [1.807, 2.05) is 0 Å². The summed E-state index contributed by atoms with van der Waals surface area (Å²) >= 11 is 0. The standard InChI is InChI=1S/C15H23FN2/c1-2-17-14-8-5-11-18(12-6-10-16)15-9-4-3-7-13(14)15/h3-4,7,9,14,17H,2,5-6,8,10-12H2,1H3. The first-order chi connectivity index (χ1) is 8.86. The first-order valence-electron chi connectivity index (χ1n) is 7.00. The third-order valence-electron chi connectivity index (χ3n) is 3.59. The third kappa shape index (κ3) is 3.02.